The van der Waals surface area contributed by atoms with Gasteiger partial charge < -0.3 is 14.5 Å². The smallest absolute Gasteiger partial charge is 0.273 e. The number of benzene rings is 2. The Bertz CT molecular complexity index is 944. The second-order valence-electron chi connectivity index (χ2n) is 5.46. The second-order valence-corrected chi connectivity index (χ2v) is 5.46. The van der Waals surface area contributed by atoms with Crippen molar-refractivity contribution < 1.29 is 14.3 Å². The van der Waals surface area contributed by atoms with Crippen molar-refractivity contribution in [1.82, 2.24) is 10.4 Å². The molecule has 0 aliphatic heterocycles. The van der Waals surface area contributed by atoms with Gasteiger partial charge in [-0.05, 0) is 31.2 Å². The summed E-state index contributed by atoms with van der Waals surface area (Å²) in [6.45, 7) is 1.82. The molecule has 0 saturated heterocycles. The van der Waals surface area contributed by atoms with E-state index in [-0.39, 0.29) is 5.91 Å². The third kappa shape index (κ3) is 3.33. The van der Waals surface area contributed by atoms with E-state index >= 15 is 0 Å². The molecule has 0 unspecified atom stereocenters. The summed E-state index contributed by atoms with van der Waals surface area (Å²) in [7, 11) is 3.16. The minimum Gasteiger partial charge on any atom is -0.493 e. The zero-order chi connectivity index (χ0) is 17.8. The van der Waals surface area contributed by atoms with Crippen LogP contribution in [-0.4, -0.2) is 30.8 Å². The Hall–Kier alpha value is -3.28. The van der Waals surface area contributed by atoms with Crippen molar-refractivity contribution in [2.24, 2.45) is 5.10 Å². The van der Waals surface area contributed by atoms with Gasteiger partial charge in [0.25, 0.3) is 5.91 Å². The summed E-state index contributed by atoms with van der Waals surface area (Å²) in [6, 6.07) is 13.1. The number of carbonyl (C=O) groups excluding carboxylic acids is 1. The molecule has 0 atom stereocenters. The molecule has 0 radical (unpaired) electrons. The molecular formula is C19H19N3O3. The number of rotatable bonds is 5. The molecular weight excluding hydrogens is 318 g/mol. The van der Waals surface area contributed by atoms with E-state index in [1.807, 2.05) is 43.3 Å². The lowest BCUT2D eigenvalue weighted by Crippen LogP contribution is -2.19. The number of para-hydroxylation sites is 1. The molecule has 1 amide bonds. The van der Waals surface area contributed by atoms with Crippen molar-refractivity contribution in [3.05, 3.63) is 59.8 Å². The second kappa shape index (κ2) is 7.09. The summed E-state index contributed by atoms with van der Waals surface area (Å²) in [5.41, 5.74) is 5.56. The third-order valence-corrected chi connectivity index (χ3v) is 3.96. The molecule has 0 aliphatic rings. The maximum absolute atomic E-state index is 12.4. The molecule has 0 saturated carbocycles. The van der Waals surface area contributed by atoms with Gasteiger partial charge in [-0.25, -0.2) is 5.43 Å². The number of fused-ring (bicyclic) bond motifs is 1. The highest BCUT2D eigenvalue weighted by atomic mass is 16.5. The Kier molecular flexibility index (Phi) is 4.70. The Morgan fingerprint density at radius 2 is 1.84 bits per heavy atom. The maximum atomic E-state index is 12.4. The predicted octanol–water partition coefficient (Wildman–Crippen LogP) is 3.34. The maximum Gasteiger partial charge on any atom is 0.273 e. The zero-order valence-electron chi connectivity index (χ0n) is 14.3. The van der Waals surface area contributed by atoms with Gasteiger partial charge in [0, 0.05) is 22.7 Å². The number of nitrogens with one attached hydrogen (secondary N) is 2. The molecule has 0 spiro atoms. The van der Waals surface area contributed by atoms with Crippen LogP contribution in [0, 0.1) is 0 Å². The lowest BCUT2D eigenvalue weighted by molar-refractivity contribution is 0.0956. The summed E-state index contributed by atoms with van der Waals surface area (Å²) in [4.78, 5) is 15.5. The van der Waals surface area contributed by atoms with Gasteiger partial charge in [-0.1, -0.05) is 18.2 Å². The van der Waals surface area contributed by atoms with Crippen LogP contribution in [0.2, 0.25) is 0 Å². The van der Waals surface area contributed by atoms with Crippen LogP contribution in [0.5, 0.6) is 11.5 Å². The number of hydrogen-bond acceptors (Lipinski definition) is 4. The topological polar surface area (TPSA) is 75.7 Å². The van der Waals surface area contributed by atoms with Crippen molar-refractivity contribution in [1.29, 1.82) is 0 Å². The van der Waals surface area contributed by atoms with Gasteiger partial charge in [0.05, 0.1) is 25.5 Å². The number of aromatic nitrogens is 1. The van der Waals surface area contributed by atoms with Crippen molar-refractivity contribution in [2.45, 2.75) is 6.92 Å². The molecule has 3 aromatic rings. The third-order valence-electron chi connectivity index (χ3n) is 3.96. The average molecular weight is 337 g/mol. The Morgan fingerprint density at radius 3 is 2.60 bits per heavy atom. The minimum absolute atomic E-state index is 0.266. The van der Waals surface area contributed by atoms with Crippen LogP contribution < -0.4 is 14.9 Å². The van der Waals surface area contributed by atoms with Crippen LogP contribution >= 0.6 is 0 Å². The normalized spacial score (nSPS) is 11.4. The Balaban J connectivity index is 1.80. The first-order valence-corrected chi connectivity index (χ1v) is 7.77. The van der Waals surface area contributed by atoms with Crippen molar-refractivity contribution in [3.63, 3.8) is 0 Å². The number of hydrazone groups is 1. The van der Waals surface area contributed by atoms with Crippen LogP contribution in [0.15, 0.2) is 53.8 Å². The number of H-pyrrole nitrogens is 1. The van der Waals surface area contributed by atoms with Crippen molar-refractivity contribution in [2.75, 3.05) is 14.2 Å². The largest absolute Gasteiger partial charge is 0.493 e. The number of aromatic amines is 1. The van der Waals surface area contributed by atoms with E-state index in [9.17, 15) is 4.79 Å². The molecule has 6 heteroatoms. The van der Waals surface area contributed by atoms with E-state index in [1.54, 1.807) is 26.5 Å². The Labute approximate surface area is 145 Å². The van der Waals surface area contributed by atoms with Crippen LogP contribution in [-0.2, 0) is 0 Å². The summed E-state index contributed by atoms with van der Waals surface area (Å²) < 4.78 is 10.5. The van der Waals surface area contributed by atoms with Gasteiger partial charge in [-0.3, -0.25) is 4.79 Å². The molecule has 6 nitrogen and oxygen atoms in total. The molecule has 25 heavy (non-hydrogen) atoms. The number of methoxy groups -OCH3 is 2. The number of ether oxygens (including phenoxy) is 2. The van der Waals surface area contributed by atoms with Gasteiger partial charge in [0.15, 0.2) is 11.5 Å². The fourth-order valence-electron chi connectivity index (χ4n) is 2.58. The fourth-order valence-corrected chi connectivity index (χ4v) is 2.58. The highest BCUT2D eigenvalue weighted by molar-refractivity contribution is 6.07. The number of carbonyl (C=O) groups is 1. The standard InChI is InChI=1S/C19H19N3O3/c1-12(13-8-9-17(24-2)18(10-13)25-3)21-22-19(23)15-11-20-16-7-5-4-6-14(15)16/h4-11,20H,1-3H3,(H,22,23)/b21-12-. The fraction of sp³-hybridized carbons (Fsp3) is 0.158. The first-order chi connectivity index (χ1) is 12.1. The molecule has 2 N–H and O–H groups in total. The molecule has 0 fully saturated rings. The lowest BCUT2D eigenvalue weighted by atomic mass is 10.1. The highest BCUT2D eigenvalue weighted by Crippen LogP contribution is 2.27. The molecule has 128 valence electrons. The van der Waals surface area contributed by atoms with Crippen LogP contribution in [0.4, 0.5) is 0 Å². The first kappa shape index (κ1) is 16.6. The molecule has 1 aromatic heterocycles. The van der Waals surface area contributed by atoms with Crippen molar-refractivity contribution in [3.8, 4) is 11.5 Å². The number of amides is 1. The number of hydrogen-bond donors (Lipinski definition) is 2. The lowest BCUT2D eigenvalue weighted by Gasteiger charge is -2.09. The van der Waals surface area contributed by atoms with E-state index in [1.165, 1.54) is 0 Å². The van der Waals surface area contributed by atoms with E-state index in [0.29, 0.717) is 22.8 Å². The first-order valence-electron chi connectivity index (χ1n) is 7.77. The highest BCUT2D eigenvalue weighted by Gasteiger charge is 2.11. The van der Waals surface area contributed by atoms with E-state index in [2.05, 4.69) is 15.5 Å². The van der Waals surface area contributed by atoms with E-state index in [4.69, 9.17) is 9.47 Å². The van der Waals surface area contributed by atoms with Crippen LogP contribution in [0.3, 0.4) is 0 Å². The number of nitrogens with zero attached hydrogens (tertiary/aromatic N) is 1. The predicted molar refractivity (Wildman–Crippen MR) is 97.5 cm³/mol. The Morgan fingerprint density at radius 1 is 1.08 bits per heavy atom. The summed E-state index contributed by atoms with van der Waals surface area (Å²) in [5.74, 6) is 0.983. The molecule has 0 aliphatic carbocycles. The zero-order valence-corrected chi connectivity index (χ0v) is 14.3. The van der Waals surface area contributed by atoms with Gasteiger partial charge in [-0.15, -0.1) is 0 Å². The molecule has 1 heterocycles. The van der Waals surface area contributed by atoms with E-state index in [0.717, 1.165) is 16.5 Å². The van der Waals surface area contributed by atoms with Gasteiger partial charge in [0.1, 0.15) is 0 Å². The molecule has 0 bridgehead atoms. The summed E-state index contributed by atoms with van der Waals surface area (Å²) >= 11 is 0. The van der Waals surface area contributed by atoms with E-state index < -0.39 is 0 Å². The summed E-state index contributed by atoms with van der Waals surface area (Å²) in [5, 5.41) is 5.06. The van der Waals surface area contributed by atoms with Gasteiger partial charge in [-0.2, -0.15) is 5.10 Å². The van der Waals surface area contributed by atoms with Gasteiger partial charge >= 0.3 is 0 Å². The van der Waals surface area contributed by atoms with Crippen LogP contribution in [0.1, 0.15) is 22.8 Å². The van der Waals surface area contributed by atoms with Crippen LogP contribution in [0.25, 0.3) is 10.9 Å². The molecule has 2 aromatic carbocycles. The quantitative estimate of drug-likeness (QED) is 0.554. The minimum atomic E-state index is -0.266. The van der Waals surface area contributed by atoms with Crippen molar-refractivity contribution >= 4 is 22.5 Å². The molecule has 3 rings (SSSR count). The summed E-state index contributed by atoms with van der Waals surface area (Å²) in [6.07, 6.45) is 1.68. The monoisotopic (exact) mass is 337 g/mol. The average Bonchev–Trinajstić information content (AvgIpc) is 3.09. The van der Waals surface area contributed by atoms with Gasteiger partial charge in [0.2, 0.25) is 0 Å². The SMILES string of the molecule is COc1ccc(/C(C)=N\NC(=O)c2c[nH]c3ccccc23)cc1OC.